The summed E-state index contributed by atoms with van der Waals surface area (Å²) in [7, 11) is 0. The van der Waals surface area contributed by atoms with E-state index in [-0.39, 0.29) is 5.91 Å². The molecule has 0 atom stereocenters. The van der Waals surface area contributed by atoms with E-state index in [0.717, 1.165) is 23.6 Å². The van der Waals surface area contributed by atoms with Crippen LogP contribution in [0.5, 0.6) is 0 Å². The third-order valence-corrected chi connectivity index (χ3v) is 4.57. The Morgan fingerprint density at radius 1 is 1.23 bits per heavy atom. The molecule has 116 valence electrons. The van der Waals surface area contributed by atoms with Crippen LogP contribution in [0.3, 0.4) is 0 Å². The Bertz CT molecular complexity index is 703. The SMILES string of the molecule is Cc1nc(C(=O)N2CCC2)c(-c2ccc(C(F)(F)F)cc2)s1. The minimum Gasteiger partial charge on any atom is -0.337 e. The van der Waals surface area contributed by atoms with Gasteiger partial charge in [0, 0.05) is 13.1 Å². The van der Waals surface area contributed by atoms with Crippen molar-refractivity contribution in [3.05, 3.63) is 40.5 Å². The van der Waals surface area contributed by atoms with Gasteiger partial charge >= 0.3 is 6.18 Å². The van der Waals surface area contributed by atoms with Crippen LogP contribution in [0.1, 0.15) is 27.5 Å². The van der Waals surface area contributed by atoms with E-state index < -0.39 is 11.7 Å². The molecule has 0 spiro atoms. The molecular weight excluding hydrogens is 313 g/mol. The molecule has 7 heteroatoms. The summed E-state index contributed by atoms with van der Waals surface area (Å²) in [4.78, 5) is 18.9. The topological polar surface area (TPSA) is 33.2 Å². The number of hydrogen-bond acceptors (Lipinski definition) is 3. The van der Waals surface area contributed by atoms with E-state index in [0.29, 0.717) is 29.2 Å². The Morgan fingerprint density at radius 2 is 1.86 bits per heavy atom. The van der Waals surface area contributed by atoms with E-state index in [4.69, 9.17) is 0 Å². The Hall–Kier alpha value is -1.89. The zero-order valence-corrected chi connectivity index (χ0v) is 12.6. The standard InChI is InChI=1S/C15H13F3N2OS/c1-9-19-12(14(21)20-7-2-8-20)13(22-9)10-3-5-11(6-4-10)15(16,17)18/h3-6H,2,7-8H2,1H3. The molecular formula is C15H13F3N2OS. The number of carbonyl (C=O) groups is 1. The lowest BCUT2D eigenvalue weighted by atomic mass is 10.1. The van der Waals surface area contributed by atoms with Crippen molar-refractivity contribution in [2.45, 2.75) is 19.5 Å². The van der Waals surface area contributed by atoms with Gasteiger partial charge in [0.2, 0.25) is 0 Å². The average molecular weight is 326 g/mol. The average Bonchev–Trinajstić information content (AvgIpc) is 2.78. The summed E-state index contributed by atoms with van der Waals surface area (Å²) in [5.41, 5.74) is 0.220. The van der Waals surface area contributed by atoms with Crippen LogP contribution in [-0.2, 0) is 6.18 Å². The highest BCUT2D eigenvalue weighted by Crippen LogP contribution is 2.35. The van der Waals surface area contributed by atoms with Crippen LogP contribution in [0.2, 0.25) is 0 Å². The molecule has 3 nitrogen and oxygen atoms in total. The molecule has 0 aliphatic carbocycles. The molecule has 0 N–H and O–H groups in total. The summed E-state index contributed by atoms with van der Waals surface area (Å²) in [6, 6.07) is 4.84. The van der Waals surface area contributed by atoms with Crippen LogP contribution in [0.4, 0.5) is 13.2 Å². The Kier molecular flexibility index (Phi) is 3.68. The van der Waals surface area contributed by atoms with Gasteiger partial charge in [-0.25, -0.2) is 4.98 Å². The largest absolute Gasteiger partial charge is 0.416 e. The van der Waals surface area contributed by atoms with Crippen molar-refractivity contribution in [2.24, 2.45) is 0 Å². The summed E-state index contributed by atoms with van der Waals surface area (Å²) in [5, 5.41) is 0.721. The van der Waals surface area contributed by atoms with Crippen molar-refractivity contribution in [1.82, 2.24) is 9.88 Å². The molecule has 22 heavy (non-hydrogen) atoms. The monoisotopic (exact) mass is 326 g/mol. The van der Waals surface area contributed by atoms with Crippen molar-refractivity contribution in [3.8, 4) is 10.4 Å². The van der Waals surface area contributed by atoms with Crippen molar-refractivity contribution in [1.29, 1.82) is 0 Å². The van der Waals surface area contributed by atoms with E-state index in [2.05, 4.69) is 4.98 Å². The summed E-state index contributed by atoms with van der Waals surface area (Å²) in [6.07, 6.45) is -3.39. The van der Waals surface area contributed by atoms with Gasteiger partial charge in [0.05, 0.1) is 15.4 Å². The number of carbonyl (C=O) groups excluding carboxylic acids is 1. The number of aryl methyl sites for hydroxylation is 1. The number of halogens is 3. The third kappa shape index (κ3) is 2.72. The highest BCUT2D eigenvalue weighted by atomic mass is 32.1. The molecule has 1 fully saturated rings. The van der Waals surface area contributed by atoms with Gasteiger partial charge in [0.1, 0.15) is 5.69 Å². The van der Waals surface area contributed by atoms with Gasteiger partial charge in [-0.15, -0.1) is 11.3 Å². The smallest absolute Gasteiger partial charge is 0.337 e. The number of benzene rings is 1. The molecule has 2 aromatic rings. The number of aromatic nitrogens is 1. The summed E-state index contributed by atoms with van der Waals surface area (Å²) in [6.45, 7) is 3.20. The quantitative estimate of drug-likeness (QED) is 0.836. The fourth-order valence-electron chi connectivity index (χ4n) is 2.25. The van der Waals surface area contributed by atoms with Gasteiger partial charge in [0.15, 0.2) is 0 Å². The van der Waals surface area contributed by atoms with E-state index in [1.807, 2.05) is 0 Å². The fourth-order valence-corrected chi connectivity index (χ4v) is 3.16. The maximum absolute atomic E-state index is 12.6. The molecule has 3 rings (SSSR count). The summed E-state index contributed by atoms with van der Waals surface area (Å²) in [5.74, 6) is -0.148. The first-order chi connectivity index (χ1) is 10.4. The minimum absolute atomic E-state index is 0.148. The highest BCUT2D eigenvalue weighted by molar-refractivity contribution is 7.15. The second-order valence-corrected chi connectivity index (χ2v) is 6.33. The second kappa shape index (κ2) is 5.39. The molecule has 1 aliphatic rings. The predicted molar refractivity (Wildman–Crippen MR) is 77.8 cm³/mol. The maximum atomic E-state index is 12.6. The molecule has 2 heterocycles. The molecule has 0 unspecified atom stereocenters. The van der Waals surface area contributed by atoms with Gasteiger partial charge in [-0.1, -0.05) is 12.1 Å². The predicted octanol–water partition coefficient (Wildman–Crippen LogP) is 3.98. The minimum atomic E-state index is -4.36. The third-order valence-electron chi connectivity index (χ3n) is 3.55. The lowest BCUT2D eigenvalue weighted by molar-refractivity contribution is -0.137. The van der Waals surface area contributed by atoms with E-state index >= 15 is 0 Å². The summed E-state index contributed by atoms with van der Waals surface area (Å²) < 4.78 is 37.9. The second-order valence-electron chi connectivity index (χ2n) is 5.13. The zero-order valence-electron chi connectivity index (χ0n) is 11.8. The molecule has 1 aliphatic heterocycles. The van der Waals surface area contributed by atoms with E-state index in [1.54, 1.807) is 11.8 Å². The molecule has 1 aromatic heterocycles. The Balaban J connectivity index is 1.96. The number of nitrogens with zero attached hydrogens (tertiary/aromatic N) is 2. The number of hydrogen-bond donors (Lipinski definition) is 0. The Morgan fingerprint density at radius 3 is 2.36 bits per heavy atom. The molecule has 0 radical (unpaired) electrons. The molecule has 1 saturated heterocycles. The van der Waals surface area contributed by atoms with Gasteiger partial charge in [-0.3, -0.25) is 4.79 Å². The maximum Gasteiger partial charge on any atom is 0.416 e. The van der Waals surface area contributed by atoms with Gasteiger partial charge in [-0.05, 0) is 31.0 Å². The number of likely N-dealkylation sites (tertiary alicyclic amines) is 1. The van der Waals surface area contributed by atoms with Crippen LogP contribution in [-0.4, -0.2) is 28.9 Å². The lowest BCUT2D eigenvalue weighted by Crippen LogP contribution is -2.42. The fraction of sp³-hybridized carbons (Fsp3) is 0.333. The van der Waals surface area contributed by atoms with Crippen LogP contribution in [0.15, 0.2) is 24.3 Å². The molecule has 0 saturated carbocycles. The van der Waals surface area contributed by atoms with Crippen molar-refractivity contribution in [2.75, 3.05) is 13.1 Å². The molecule has 1 amide bonds. The van der Waals surface area contributed by atoms with Crippen molar-refractivity contribution >= 4 is 17.2 Å². The van der Waals surface area contributed by atoms with Crippen LogP contribution < -0.4 is 0 Å². The normalized spacial score (nSPS) is 14.8. The number of amides is 1. The van der Waals surface area contributed by atoms with Crippen molar-refractivity contribution in [3.63, 3.8) is 0 Å². The van der Waals surface area contributed by atoms with E-state index in [1.165, 1.54) is 23.5 Å². The number of rotatable bonds is 2. The highest BCUT2D eigenvalue weighted by Gasteiger charge is 2.31. The number of thiazole rings is 1. The first-order valence-electron chi connectivity index (χ1n) is 6.80. The first-order valence-corrected chi connectivity index (χ1v) is 7.62. The summed E-state index contributed by atoms with van der Waals surface area (Å²) >= 11 is 1.32. The van der Waals surface area contributed by atoms with Crippen LogP contribution in [0.25, 0.3) is 10.4 Å². The molecule has 0 bridgehead atoms. The van der Waals surface area contributed by atoms with Gasteiger partial charge in [0.25, 0.3) is 5.91 Å². The van der Waals surface area contributed by atoms with Crippen LogP contribution >= 0.6 is 11.3 Å². The lowest BCUT2D eigenvalue weighted by Gasteiger charge is -2.30. The van der Waals surface area contributed by atoms with Gasteiger partial charge < -0.3 is 4.90 Å². The van der Waals surface area contributed by atoms with Crippen molar-refractivity contribution < 1.29 is 18.0 Å². The molecule has 1 aromatic carbocycles. The van der Waals surface area contributed by atoms with E-state index in [9.17, 15) is 18.0 Å². The Labute approximate surface area is 129 Å². The first kappa shape index (κ1) is 15.0. The number of alkyl halides is 3. The zero-order chi connectivity index (χ0) is 15.9. The van der Waals surface area contributed by atoms with Crippen LogP contribution in [0, 0.1) is 6.92 Å². The van der Waals surface area contributed by atoms with Gasteiger partial charge in [-0.2, -0.15) is 13.2 Å².